The van der Waals surface area contributed by atoms with Crippen molar-refractivity contribution in [2.75, 3.05) is 10.8 Å². The van der Waals surface area contributed by atoms with Gasteiger partial charge in [-0.2, -0.15) is 0 Å². The Kier molecular flexibility index (Phi) is 10.6. The Balaban J connectivity index is 2.05. The van der Waals surface area contributed by atoms with Crippen molar-refractivity contribution in [3.63, 3.8) is 0 Å². The molecule has 0 aliphatic rings. The molecule has 0 heterocycles. The first-order valence-corrected chi connectivity index (χ1v) is 15.6. The largest absolute Gasteiger partial charge is 0.352 e. The molecule has 0 aliphatic heterocycles. The molecule has 0 radical (unpaired) electrons. The number of sulfonamides is 1. The number of halogens is 1. The Labute approximate surface area is 246 Å². The topological polar surface area (TPSA) is 86.8 Å². The van der Waals surface area contributed by atoms with Crippen molar-refractivity contribution >= 4 is 43.5 Å². The number of aryl methyl sites for hydroxylation is 3. The van der Waals surface area contributed by atoms with Crippen LogP contribution in [0.3, 0.4) is 0 Å². The van der Waals surface area contributed by atoms with Crippen LogP contribution in [-0.2, 0) is 26.2 Å². The third-order valence-electron chi connectivity index (χ3n) is 6.82. The minimum Gasteiger partial charge on any atom is -0.352 e. The van der Waals surface area contributed by atoms with E-state index in [4.69, 9.17) is 0 Å². The second kappa shape index (κ2) is 13.5. The first-order valence-electron chi connectivity index (χ1n) is 13.3. The van der Waals surface area contributed by atoms with Crippen LogP contribution in [0, 0.1) is 20.8 Å². The third kappa shape index (κ3) is 7.95. The first-order chi connectivity index (χ1) is 18.8. The van der Waals surface area contributed by atoms with Crippen LogP contribution in [0.15, 0.2) is 76.1 Å². The number of carbonyl (C=O) groups is 2. The van der Waals surface area contributed by atoms with Gasteiger partial charge in [0.05, 0.1) is 10.6 Å². The molecule has 0 saturated heterocycles. The fraction of sp³-hybridized carbons (Fsp3) is 0.355. The number of nitrogens with one attached hydrogen (secondary N) is 1. The van der Waals surface area contributed by atoms with Crippen LogP contribution >= 0.6 is 15.9 Å². The Morgan fingerprint density at radius 2 is 1.45 bits per heavy atom. The second-order valence-corrected chi connectivity index (χ2v) is 13.1. The summed E-state index contributed by atoms with van der Waals surface area (Å²) >= 11 is 3.43. The van der Waals surface area contributed by atoms with Crippen molar-refractivity contribution in [2.45, 2.75) is 71.5 Å². The summed E-state index contributed by atoms with van der Waals surface area (Å²) in [5.41, 5.74) is 3.89. The zero-order valence-electron chi connectivity index (χ0n) is 23.9. The van der Waals surface area contributed by atoms with E-state index in [1.54, 1.807) is 43.3 Å². The van der Waals surface area contributed by atoms with Gasteiger partial charge in [0, 0.05) is 17.1 Å². The molecule has 2 amide bonds. The SMILES string of the molecule is CC[C@@H](C)NC(=O)[C@H](C)N(Cc1ccc(Br)cc1)C(=O)CN(c1cc(C)cc(C)c1)S(=O)(=O)c1ccc(C)cc1. The van der Waals surface area contributed by atoms with Crippen LogP contribution in [0.25, 0.3) is 0 Å². The van der Waals surface area contributed by atoms with Gasteiger partial charge in [-0.05, 0) is 94.1 Å². The zero-order chi connectivity index (χ0) is 29.6. The quantitative estimate of drug-likeness (QED) is 0.287. The maximum absolute atomic E-state index is 14.0. The summed E-state index contributed by atoms with van der Waals surface area (Å²) in [6.45, 7) is 10.9. The Morgan fingerprint density at radius 3 is 2.00 bits per heavy atom. The lowest BCUT2D eigenvalue weighted by atomic mass is 10.1. The molecule has 3 aromatic rings. The average molecular weight is 629 g/mol. The third-order valence-corrected chi connectivity index (χ3v) is 9.13. The van der Waals surface area contributed by atoms with Crippen LogP contribution < -0.4 is 9.62 Å². The smallest absolute Gasteiger partial charge is 0.264 e. The molecule has 3 aromatic carbocycles. The molecule has 0 spiro atoms. The summed E-state index contributed by atoms with van der Waals surface area (Å²) in [5, 5.41) is 2.95. The molecule has 1 N–H and O–H groups in total. The summed E-state index contributed by atoms with van der Waals surface area (Å²) in [7, 11) is -4.10. The average Bonchev–Trinajstić information content (AvgIpc) is 2.90. The summed E-state index contributed by atoms with van der Waals surface area (Å²) < 4.78 is 30.0. The fourth-order valence-electron chi connectivity index (χ4n) is 4.30. The maximum atomic E-state index is 14.0. The molecule has 40 heavy (non-hydrogen) atoms. The van der Waals surface area contributed by atoms with Gasteiger partial charge in [0.2, 0.25) is 11.8 Å². The number of hydrogen-bond donors (Lipinski definition) is 1. The van der Waals surface area contributed by atoms with Crippen LogP contribution in [0.1, 0.15) is 49.4 Å². The number of rotatable bonds is 11. The molecule has 0 fully saturated rings. The van der Waals surface area contributed by atoms with Gasteiger partial charge < -0.3 is 10.2 Å². The van der Waals surface area contributed by atoms with E-state index in [0.29, 0.717) is 5.69 Å². The minimum atomic E-state index is -4.10. The second-order valence-electron chi connectivity index (χ2n) is 10.3. The summed E-state index contributed by atoms with van der Waals surface area (Å²) in [5.74, 6) is -0.774. The monoisotopic (exact) mass is 627 g/mol. The molecular weight excluding hydrogens is 590 g/mol. The van der Waals surface area contributed by atoms with Gasteiger partial charge in [-0.1, -0.05) is 58.7 Å². The number of nitrogens with zero attached hydrogens (tertiary/aromatic N) is 2. The van der Waals surface area contributed by atoms with Crippen molar-refractivity contribution in [3.05, 3.63) is 93.5 Å². The predicted octanol–water partition coefficient (Wildman–Crippen LogP) is 5.90. The lowest BCUT2D eigenvalue weighted by Crippen LogP contribution is -2.52. The van der Waals surface area contributed by atoms with Crippen LogP contribution in [-0.4, -0.2) is 43.8 Å². The highest BCUT2D eigenvalue weighted by molar-refractivity contribution is 9.10. The van der Waals surface area contributed by atoms with Crippen molar-refractivity contribution < 1.29 is 18.0 Å². The van der Waals surface area contributed by atoms with Gasteiger partial charge >= 0.3 is 0 Å². The van der Waals surface area contributed by atoms with E-state index in [1.807, 2.05) is 65.0 Å². The van der Waals surface area contributed by atoms with Gasteiger partial charge in [0.15, 0.2) is 0 Å². The van der Waals surface area contributed by atoms with E-state index < -0.39 is 28.5 Å². The van der Waals surface area contributed by atoms with Crippen molar-refractivity contribution in [3.8, 4) is 0 Å². The Hall–Kier alpha value is -3.17. The van der Waals surface area contributed by atoms with Crippen molar-refractivity contribution in [2.24, 2.45) is 0 Å². The first kappa shape index (κ1) is 31.4. The summed E-state index contributed by atoms with van der Waals surface area (Å²) in [6.07, 6.45) is 0.744. The van der Waals surface area contributed by atoms with Gasteiger partial charge in [0.1, 0.15) is 12.6 Å². The molecule has 9 heteroatoms. The highest BCUT2D eigenvalue weighted by atomic mass is 79.9. The molecule has 2 atom stereocenters. The van der Waals surface area contributed by atoms with Crippen molar-refractivity contribution in [1.29, 1.82) is 0 Å². The van der Waals surface area contributed by atoms with Crippen LogP contribution in [0.4, 0.5) is 5.69 Å². The zero-order valence-corrected chi connectivity index (χ0v) is 26.3. The maximum Gasteiger partial charge on any atom is 0.264 e. The fourth-order valence-corrected chi connectivity index (χ4v) is 5.96. The van der Waals surface area contributed by atoms with E-state index in [9.17, 15) is 18.0 Å². The lowest BCUT2D eigenvalue weighted by Gasteiger charge is -2.32. The van der Waals surface area contributed by atoms with Gasteiger partial charge in [-0.15, -0.1) is 0 Å². The molecular formula is C31H38BrN3O4S. The predicted molar refractivity (Wildman–Crippen MR) is 164 cm³/mol. The molecule has 0 aliphatic carbocycles. The Morgan fingerprint density at radius 1 is 0.875 bits per heavy atom. The number of anilines is 1. The molecule has 0 saturated carbocycles. The normalized spacial score (nSPS) is 12.9. The number of benzene rings is 3. The number of carbonyl (C=O) groups excluding carboxylic acids is 2. The standard InChI is InChI=1S/C31H38BrN3O4S/c1-7-24(5)33-31(37)25(6)34(19-26-10-12-27(32)13-11-26)30(36)20-35(28-17-22(3)16-23(4)18-28)40(38,39)29-14-8-21(2)9-15-29/h8-18,24-25H,7,19-20H2,1-6H3,(H,33,37)/t24-,25+/m1/s1. The molecule has 0 aromatic heterocycles. The molecule has 0 bridgehead atoms. The lowest BCUT2D eigenvalue weighted by molar-refractivity contribution is -0.139. The van der Waals surface area contributed by atoms with Gasteiger partial charge in [-0.3, -0.25) is 13.9 Å². The van der Waals surface area contributed by atoms with Gasteiger partial charge in [0.25, 0.3) is 10.0 Å². The van der Waals surface area contributed by atoms with E-state index in [-0.39, 0.29) is 23.4 Å². The van der Waals surface area contributed by atoms with Crippen LogP contribution in [0.2, 0.25) is 0 Å². The van der Waals surface area contributed by atoms with Gasteiger partial charge in [-0.25, -0.2) is 8.42 Å². The molecule has 214 valence electrons. The van der Waals surface area contributed by atoms with Crippen molar-refractivity contribution in [1.82, 2.24) is 10.2 Å². The highest BCUT2D eigenvalue weighted by Gasteiger charge is 2.33. The summed E-state index contributed by atoms with van der Waals surface area (Å²) in [6, 6.07) is 18.6. The minimum absolute atomic E-state index is 0.0618. The molecule has 0 unspecified atom stereocenters. The Bertz CT molecular complexity index is 1420. The molecule has 7 nitrogen and oxygen atoms in total. The van der Waals surface area contributed by atoms with E-state index in [2.05, 4.69) is 21.2 Å². The van der Waals surface area contributed by atoms with E-state index >= 15 is 0 Å². The molecule has 3 rings (SSSR count). The number of hydrogen-bond acceptors (Lipinski definition) is 4. The van der Waals surface area contributed by atoms with Crippen LogP contribution in [0.5, 0.6) is 0 Å². The number of amides is 2. The van der Waals surface area contributed by atoms with E-state index in [0.717, 1.165) is 37.5 Å². The summed E-state index contributed by atoms with van der Waals surface area (Å²) in [4.78, 5) is 28.7. The highest BCUT2D eigenvalue weighted by Crippen LogP contribution is 2.27. The van der Waals surface area contributed by atoms with E-state index in [1.165, 1.54) is 4.90 Å².